The van der Waals surface area contributed by atoms with Crippen molar-refractivity contribution in [2.24, 2.45) is 17.8 Å². The predicted molar refractivity (Wildman–Crippen MR) is 68.8 cm³/mol. The van der Waals surface area contributed by atoms with Gasteiger partial charge in [-0.05, 0) is 38.5 Å². The SMILES string of the molecule is CC1(C)CN(C(=O)C2C3CCCC32)CCS1(=O)=O. The maximum absolute atomic E-state index is 12.4. The van der Waals surface area contributed by atoms with Crippen molar-refractivity contribution in [3.8, 4) is 0 Å². The summed E-state index contributed by atoms with van der Waals surface area (Å²) in [6.07, 6.45) is 3.65. The average molecular weight is 271 g/mol. The molecule has 102 valence electrons. The molecule has 1 aliphatic heterocycles. The van der Waals surface area contributed by atoms with Crippen molar-refractivity contribution in [2.45, 2.75) is 37.9 Å². The van der Waals surface area contributed by atoms with Gasteiger partial charge in [0.15, 0.2) is 9.84 Å². The lowest BCUT2D eigenvalue weighted by Crippen LogP contribution is -2.55. The van der Waals surface area contributed by atoms with Gasteiger partial charge in [0.1, 0.15) is 0 Å². The Bertz CT molecular complexity index is 472. The number of hydrogen-bond acceptors (Lipinski definition) is 3. The van der Waals surface area contributed by atoms with E-state index >= 15 is 0 Å². The molecule has 0 aromatic heterocycles. The summed E-state index contributed by atoms with van der Waals surface area (Å²) in [5.74, 6) is 1.77. The molecule has 4 nitrogen and oxygen atoms in total. The van der Waals surface area contributed by atoms with Crippen molar-refractivity contribution in [2.75, 3.05) is 18.8 Å². The summed E-state index contributed by atoms with van der Waals surface area (Å²) in [5, 5.41) is 0. The number of carbonyl (C=O) groups is 1. The Morgan fingerprint density at radius 1 is 1.22 bits per heavy atom. The van der Waals surface area contributed by atoms with Crippen LogP contribution in [0, 0.1) is 17.8 Å². The number of sulfone groups is 1. The molecule has 3 fully saturated rings. The standard InChI is InChI=1S/C13H21NO3S/c1-13(2)8-14(6-7-18(13,16)17)12(15)11-9-4-3-5-10(9)11/h9-11H,3-8H2,1-2H3. The third-order valence-corrected chi connectivity index (χ3v) is 7.58. The molecular formula is C13H21NO3S. The third-order valence-electron chi connectivity index (χ3n) is 5.05. The van der Waals surface area contributed by atoms with E-state index in [9.17, 15) is 13.2 Å². The average Bonchev–Trinajstić information content (AvgIpc) is 2.75. The van der Waals surface area contributed by atoms with Crippen LogP contribution >= 0.6 is 0 Å². The summed E-state index contributed by atoms with van der Waals surface area (Å²) >= 11 is 0. The molecule has 0 bridgehead atoms. The predicted octanol–water partition coefficient (Wildman–Crippen LogP) is 1.07. The summed E-state index contributed by atoms with van der Waals surface area (Å²) in [6.45, 7) is 4.22. The van der Waals surface area contributed by atoms with Gasteiger partial charge in [-0.25, -0.2) is 8.42 Å². The van der Waals surface area contributed by atoms with Crippen LogP contribution in [0.5, 0.6) is 0 Å². The van der Waals surface area contributed by atoms with Crippen LogP contribution in [0.3, 0.4) is 0 Å². The number of amides is 1. The molecule has 0 spiro atoms. The minimum atomic E-state index is -3.05. The molecule has 2 atom stereocenters. The van der Waals surface area contributed by atoms with Crippen LogP contribution in [0.15, 0.2) is 0 Å². The number of hydrogen-bond donors (Lipinski definition) is 0. The van der Waals surface area contributed by atoms with Crippen LogP contribution in [0.2, 0.25) is 0 Å². The quantitative estimate of drug-likeness (QED) is 0.717. The van der Waals surface area contributed by atoms with Gasteiger partial charge in [-0.2, -0.15) is 0 Å². The van der Waals surface area contributed by atoms with Gasteiger partial charge in [-0.15, -0.1) is 0 Å². The van der Waals surface area contributed by atoms with E-state index in [1.807, 2.05) is 0 Å². The smallest absolute Gasteiger partial charge is 0.226 e. The molecule has 1 amide bonds. The molecule has 1 saturated heterocycles. The van der Waals surface area contributed by atoms with E-state index in [4.69, 9.17) is 0 Å². The first kappa shape index (κ1) is 12.5. The Balaban J connectivity index is 1.70. The Kier molecular flexibility index (Phi) is 2.57. The van der Waals surface area contributed by atoms with E-state index < -0.39 is 14.6 Å². The zero-order valence-corrected chi connectivity index (χ0v) is 11.9. The molecule has 2 unspecified atom stereocenters. The Hall–Kier alpha value is -0.580. The van der Waals surface area contributed by atoms with Gasteiger partial charge in [0.05, 0.1) is 10.5 Å². The van der Waals surface area contributed by atoms with E-state index in [-0.39, 0.29) is 17.6 Å². The van der Waals surface area contributed by atoms with Gasteiger partial charge in [0.25, 0.3) is 0 Å². The molecular weight excluding hydrogens is 250 g/mol. The summed E-state index contributed by atoms with van der Waals surface area (Å²) < 4.78 is 23.0. The van der Waals surface area contributed by atoms with Gasteiger partial charge in [-0.1, -0.05) is 6.42 Å². The van der Waals surface area contributed by atoms with Crippen LogP contribution in [-0.4, -0.2) is 42.8 Å². The minimum absolute atomic E-state index is 0.119. The van der Waals surface area contributed by atoms with Crippen molar-refractivity contribution in [1.82, 2.24) is 4.90 Å². The van der Waals surface area contributed by atoms with Crippen molar-refractivity contribution >= 4 is 15.7 Å². The molecule has 0 aromatic rings. The van der Waals surface area contributed by atoms with Crippen LogP contribution in [0.25, 0.3) is 0 Å². The van der Waals surface area contributed by atoms with E-state index in [1.165, 1.54) is 19.3 Å². The van der Waals surface area contributed by atoms with Gasteiger partial charge in [0, 0.05) is 19.0 Å². The summed E-state index contributed by atoms with van der Waals surface area (Å²) in [7, 11) is -3.05. The number of rotatable bonds is 1. The highest BCUT2D eigenvalue weighted by atomic mass is 32.2. The minimum Gasteiger partial charge on any atom is -0.340 e. The lowest BCUT2D eigenvalue weighted by Gasteiger charge is -2.38. The Morgan fingerprint density at radius 2 is 1.83 bits per heavy atom. The molecule has 1 heterocycles. The first-order chi connectivity index (χ1) is 8.33. The fourth-order valence-corrected chi connectivity index (χ4v) is 5.10. The van der Waals surface area contributed by atoms with Crippen LogP contribution in [0.1, 0.15) is 33.1 Å². The summed E-state index contributed by atoms with van der Waals surface area (Å²) in [4.78, 5) is 14.2. The normalized spacial score (nSPS) is 40.3. The van der Waals surface area contributed by atoms with Crippen LogP contribution < -0.4 is 0 Å². The molecule has 2 aliphatic carbocycles. The molecule has 5 heteroatoms. The molecule has 0 radical (unpaired) electrons. The third kappa shape index (κ3) is 1.70. The molecule has 3 aliphatic rings. The van der Waals surface area contributed by atoms with E-state index in [2.05, 4.69) is 0 Å². The van der Waals surface area contributed by atoms with Crippen LogP contribution in [0.4, 0.5) is 0 Å². The molecule has 18 heavy (non-hydrogen) atoms. The molecule has 2 saturated carbocycles. The number of nitrogens with zero attached hydrogens (tertiary/aromatic N) is 1. The summed E-state index contributed by atoms with van der Waals surface area (Å²) in [6, 6.07) is 0. The highest BCUT2D eigenvalue weighted by molar-refractivity contribution is 7.92. The zero-order chi connectivity index (χ0) is 13.1. The maximum atomic E-state index is 12.4. The van der Waals surface area contributed by atoms with Gasteiger partial charge < -0.3 is 4.90 Å². The van der Waals surface area contributed by atoms with Crippen molar-refractivity contribution in [3.05, 3.63) is 0 Å². The van der Waals surface area contributed by atoms with Crippen molar-refractivity contribution < 1.29 is 13.2 Å². The maximum Gasteiger partial charge on any atom is 0.226 e. The van der Waals surface area contributed by atoms with Crippen molar-refractivity contribution in [3.63, 3.8) is 0 Å². The zero-order valence-electron chi connectivity index (χ0n) is 11.1. The topological polar surface area (TPSA) is 54.5 Å². The monoisotopic (exact) mass is 271 g/mol. The molecule has 0 aromatic carbocycles. The lowest BCUT2D eigenvalue weighted by atomic mass is 10.1. The molecule has 3 rings (SSSR count). The second-order valence-electron chi connectivity index (χ2n) is 6.62. The first-order valence-corrected chi connectivity index (χ1v) is 8.50. The fourth-order valence-electron chi connectivity index (χ4n) is 3.73. The Labute approximate surface area is 109 Å². The number of fused-ring (bicyclic) bond motifs is 1. The van der Waals surface area contributed by atoms with E-state index in [1.54, 1.807) is 18.7 Å². The van der Waals surface area contributed by atoms with Gasteiger partial charge >= 0.3 is 0 Å². The van der Waals surface area contributed by atoms with Crippen LogP contribution in [-0.2, 0) is 14.6 Å². The highest BCUT2D eigenvalue weighted by Gasteiger charge is 2.58. The lowest BCUT2D eigenvalue weighted by molar-refractivity contribution is -0.133. The second kappa shape index (κ2) is 3.71. The second-order valence-corrected chi connectivity index (χ2v) is 9.37. The van der Waals surface area contributed by atoms with Gasteiger partial charge in [-0.3, -0.25) is 4.79 Å². The fraction of sp³-hybridized carbons (Fsp3) is 0.923. The van der Waals surface area contributed by atoms with E-state index in [0.29, 0.717) is 24.9 Å². The Morgan fingerprint density at radius 3 is 2.39 bits per heavy atom. The van der Waals surface area contributed by atoms with Crippen molar-refractivity contribution in [1.29, 1.82) is 0 Å². The molecule has 0 N–H and O–H groups in total. The largest absolute Gasteiger partial charge is 0.340 e. The highest BCUT2D eigenvalue weighted by Crippen LogP contribution is 2.58. The van der Waals surface area contributed by atoms with E-state index in [0.717, 1.165) is 0 Å². The van der Waals surface area contributed by atoms with Gasteiger partial charge in [0.2, 0.25) is 5.91 Å². The number of carbonyl (C=O) groups excluding carboxylic acids is 1. The summed E-state index contributed by atoms with van der Waals surface area (Å²) in [5.41, 5.74) is 0. The first-order valence-electron chi connectivity index (χ1n) is 6.85.